The molecule has 3 rings (SSSR count). The Labute approximate surface area is 144 Å². The van der Waals surface area contributed by atoms with E-state index < -0.39 is 0 Å². The monoisotopic (exact) mass is 325 g/mol. The van der Waals surface area contributed by atoms with Crippen LogP contribution in [0.3, 0.4) is 0 Å². The summed E-state index contributed by atoms with van der Waals surface area (Å²) in [4.78, 5) is 4.77. The van der Waals surface area contributed by atoms with E-state index >= 15 is 0 Å². The van der Waals surface area contributed by atoms with E-state index in [1.54, 1.807) is 6.20 Å². The van der Waals surface area contributed by atoms with E-state index in [-0.39, 0.29) is 0 Å². The normalized spacial score (nSPS) is 16.1. The lowest BCUT2D eigenvalue weighted by molar-refractivity contribution is 0.410. The van der Waals surface area contributed by atoms with Gasteiger partial charge in [0.15, 0.2) is 5.96 Å². The van der Waals surface area contributed by atoms with Crippen molar-refractivity contribution in [3.05, 3.63) is 48.3 Å². The fraction of sp³-hybridized carbons (Fsp3) is 0.474. The number of benzene rings is 1. The zero-order valence-corrected chi connectivity index (χ0v) is 14.4. The van der Waals surface area contributed by atoms with Crippen molar-refractivity contribution in [2.24, 2.45) is 4.99 Å². The molecular weight excluding hydrogens is 298 g/mol. The van der Waals surface area contributed by atoms with E-state index in [9.17, 15) is 0 Å². The molecule has 0 bridgehead atoms. The molecular formula is C19H27N5. The van der Waals surface area contributed by atoms with Crippen molar-refractivity contribution >= 4 is 5.96 Å². The van der Waals surface area contributed by atoms with Crippen molar-refractivity contribution in [3.63, 3.8) is 0 Å². The van der Waals surface area contributed by atoms with E-state index in [1.807, 2.05) is 16.9 Å². The largest absolute Gasteiger partial charge is 0.357 e. The number of guanidine groups is 1. The summed E-state index contributed by atoms with van der Waals surface area (Å²) in [7, 11) is 0. The smallest absolute Gasteiger partial charge is 0.191 e. The van der Waals surface area contributed by atoms with Crippen molar-refractivity contribution in [3.8, 4) is 5.69 Å². The quantitative estimate of drug-likeness (QED) is 0.655. The van der Waals surface area contributed by atoms with Crippen molar-refractivity contribution in [2.45, 2.75) is 51.6 Å². The third kappa shape index (κ3) is 4.60. The highest BCUT2D eigenvalue weighted by Crippen LogP contribution is 2.17. The number of aliphatic imine (C=N–C) groups is 1. The number of hydrogen-bond acceptors (Lipinski definition) is 2. The van der Waals surface area contributed by atoms with Crippen LogP contribution in [0.15, 0.2) is 47.7 Å². The Morgan fingerprint density at radius 1 is 1.25 bits per heavy atom. The molecule has 0 unspecified atom stereocenters. The highest BCUT2D eigenvalue weighted by atomic mass is 15.3. The van der Waals surface area contributed by atoms with Gasteiger partial charge >= 0.3 is 0 Å². The minimum absolute atomic E-state index is 0.562. The summed E-state index contributed by atoms with van der Waals surface area (Å²) in [6.45, 7) is 3.65. The fourth-order valence-corrected chi connectivity index (χ4v) is 3.15. The van der Waals surface area contributed by atoms with Crippen LogP contribution in [0.2, 0.25) is 0 Å². The van der Waals surface area contributed by atoms with E-state index in [4.69, 9.17) is 4.99 Å². The molecule has 2 N–H and O–H groups in total. The van der Waals surface area contributed by atoms with Crippen molar-refractivity contribution in [1.29, 1.82) is 0 Å². The van der Waals surface area contributed by atoms with Crippen LogP contribution in [-0.2, 0) is 6.54 Å². The van der Waals surface area contributed by atoms with Gasteiger partial charge in [0.25, 0.3) is 0 Å². The molecule has 24 heavy (non-hydrogen) atoms. The summed E-state index contributed by atoms with van der Waals surface area (Å²) in [5.41, 5.74) is 2.25. The molecule has 0 atom stereocenters. The van der Waals surface area contributed by atoms with E-state index in [1.165, 1.54) is 37.7 Å². The Morgan fingerprint density at radius 3 is 2.88 bits per heavy atom. The number of aromatic nitrogens is 2. The molecule has 128 valence electrons. The van der Waals surface area contributed by atoms with Crippen LogP contribution in [0.5, 0.6) is 0 Å². The van der Waals surface area contributed by atoms with Gasteiger partial charge in [-0.05, 0) is 43.5 Å². The van der Waals surface area contributed by atoms with Crippen molar-refractivity contribution in [1.82, 2.24) is 20.4 Å². The van der Waals surface area contributed by atoms with Crippen molar-refractivity contribution in [2.75, 3.05) is 6.54 Å². The van der Waals surface area contributed by atoms with Crippen LogP contribution in [-0.4, -0.2) is 28.3 Å². The zero-order chi connectivity index (χ0) is 16.6. The number of hydrogen-bond donors (Lipinski definition) is 2. The minimum Gasteiger partial charge on any atom is -0.357 e. The lowest BCUT2D eigenvalue weighted by Crippen LogP contribution is -2.44. The van der Waals surface area contributed by atoms with Gasteiger partial charge in [-0.1, -0.05) is 31.4 Å². The molecule has 1 aromatic carbocycles. The molecule has 1 fully saturated rings. The summed E-state index contributed by atoms with van der Waals surface area (Å²) >= 11 is 0. The van der Waals surface area contributed by atoms with Gasteiger partial charge in [0, 0.05) is 25.0 Å². The predicted octanol–water partition coefficient (Wildman–Crippen LogP) is 3.26. The lowest BCUT2D eigenvalue weighted by atomic mass is 9.96. The number of rotatable bonds is 5. The second kappa shape index (κ2) is 8.52. The summed E-state index contributed by atoms with van der Waals surface area (Å²) in [6, 6.07) is 10.9. The molecule has 0 amide bonds. The summed E-state index contributed by atoms with van der Waals surface area (Å²) in [5, 5.41) is 11.2. The number of nitrogens with one attached hydrogen (secondary N) is 2. The van der Waals surface area contributed by atoms with Crippen LogP contribution in [0, 0.1) is 0 Å². The zero-order valence-electron chi connectivity index (χ0n) is 14.4. The maximum absolute atomic E-state index is 4.77. The molecule has 5 heteroatoms. The van der Waals surface area contributed by atoms with Gasteiger partial charge in [0.2, 0.25) is 0 Å². The Morgan fingerprint density at radius 2 is 2.12 bits per heavy atom. The second-order valence-electron chi connectivity index (χ2n) is 6.29. The predicted molar refractivity (Wildman–Crippen MR) is 98.4 cm³/mol. The Hall–Kier alpha value is -2.30. The SMILES string of the molecule is CCNC(=NCc1cccc(-n2cccn2)c1)NC1CCCCC1. The highest BCUT2D eigenvalue weighted by molar-refractivity contribution is 5.80. The van der Waals surface area contributed by atoms with Gasteiger partial charge in [-0.25, -0.2) is 9.67 Å². The maximum atomic E-state index is 4.77. The Bertz CT molecular complexity index is 642. The van der Waals surface area contributed by atoms with Crippen LogP contribution in [0.25, 0.3) is 5.69 Å². The third-order valence-corrected chi connectivity index (χ3v) is 4.39. The van der Waals surface area contributed by atoms with Gasteiger partial charge in [-0.3, -0.25) is 0 Å². The first-order valence-electron chi connectivity index (χ1n) is 8.99. The van der Waals surface area contributed by atoms with Gasteiger partial charge in [-0.15, -0.1) is 0 Å². The number of nitrogens with zero attached hydrogens (tertiary/aromatic N) is 3. The maximum Gasteiger partial charge on any atom is 0.191 e. The van der Waals surface area contributed by atoms with Gasteiger partial charge in [-0.2, -0.15) is 5.10 Å². The van der Waals surface area contributed by atoms with Crippen LogP contribution < -0.4 is 10.6 Å². The second-order valence-corrected chi connectivity index (χ2v) is 6.29. The molecule has 1 saturated carbocycles. The topological polar surface area (TPSA) is 54.2 Å². The fourth-order valence-electron chi connectivity index (χ4n) is 3.15. The van der Waals surface area contributed by atoms with Crippen molar-refractivity contribution < 1.29 is 0 Å². The average Bonchev–Trinajstić information content (AvgIpc) is 3.16. The first-order chi connectivity index (χ1) is 11.8. The van der Waals surface area contributed by atoms with Crippen LogP contribution in [0.4, 0.5) is 0 Å². The molecule has 5 nitrogen and oxygen atoms in total. The van der Waals surface area contributed by atoms with Gasteiger partial charge < -0.3 is 10.6 Å². The lowest BCUT2D eigenvalue weighted by Gasteiger charge is -2.24. The summed E-state index contributed by atoms with van der Waals surface area (Å²) < 4.78 is 1.87. The Kier molecular flexibility index (Phi) is 5.88. The first-order valence-corrected chi connectivity index (χ1v) is 8.99. The molecule has 0 spiro atoms. The van der Waals surface area contributed by atoms with E-state index in [0.717, 1.165) is 18.2 Å². The molecule has 0 aliphatic heterocycles. The van der Waals surface area contributed by atoms with E-state index in [2.05, 4.69) is 46.9 Å². The van der Waals surface area contributed by atoms with Crippen LogP contribution >= 0.6 is 0 Å². The molecule has 2 aromatic rings. The molecule has 1 aromatic heterocycles. The highest BCUT2D eigenvalue weighted by Gasteiger charge is 2.14. The Balaban J connectivity index is 1.66. The van der Waals surface area contributed by atoms with Gasteiger partial charge in [0.05, 0.1) is 12.2 Å². The average molecular weight is 325 g/mol. The summed E-state index contributed by atoms with van der Waals surface area (Å²) in [5.74, 6) is 0.925. The molecule has 0 radical (unpaired) electrons. The first kappa shape index (κ1) is 16.6. The standard InChI is InChI=1S/C19H27N5/c1-2-20-19(23-17-9-4-3-5-10-17)21-15-16-8-6-11-18(14-16)24-13-7-12-22-24/h6-8,11-14,17H,2-5,9-10,15H2,1H3,(H2,20,21,23). The molecule has 0 saturated heterocycles. The molecule has 1 heterocycles. The van der Waals surface area contributed by atoms with E-state index in [0.29, 0.717) is 12.6 Å². The molecule has 1 aliphatic carbocycles. The molecule has 1 aliphatic rings. The minimum atomic E-state index is 0.562. The third-order valence-electron chi connectivity index (χ3n) is 4.39. The van der Waals surface area contributed by atoms with Crippen LogP contribution in [0.1, 0.15) is 44.6 Å². The van der Waals surface area contributed by atoms with Gasteiger partial charge in [0.1, 0.15) is 0 Å². The summed E-state index contributed by atoms with van der Waals surface area (Å²) in [6.07, 6.45) is 10.3.